The summed E-state index contributed by atoms with van der Waals surface area (Å²) in [6.45, 7) is 4.87. The smallest absolute Gasteiger partial charge is 0.239 e. The molecule has 0 atom stereocenters. The topological polar surface area (TPSA) is 61.4 Å². The molecule has 2 amide bonds. The molecule has 0 unspecified atom stereocenters. The fraction of sp³-hybridized carbons (Fsp3) is 0.579. The highest BCUT2D eigenvalue weighted by Crippen LogP contribution is 2.18. The van der Waals surface area contributed by atoms with E-state index in [1.165, 1.54) is 12.1 Å². The lowest BCUT2D eigenvalue weighted by atomic mass is 9.93. The molecule has 1 aromatic rings. The number of rotatable bonds is 8. The van der Waals surface area contributed by atoms with Gasteiger partial charge in [-0.1, -0.05) is 12.1 Å². The van der Waals surface area contributed by atoms with E-state index in [2.05, 4.69) is 10.6 Å². The average molecular weight is 349 g/mol. The summed E-state index contributed by atoms with van der Waals surface area (Å²) in [5.41, 5.74) is 0.829. The van der Waals surface area contributed by atoms with Crippen molar-refractivity contribution in [1.29, 1.82) is 0 Å². The van der Waals surface area contributed by atoms with Crippen molar-refractivity contribution in [3.8, 4) is 0 Å². The first-order valence-corrected chi connectivity index (χ1v) is 9.08. The number of likely N-dealkylation sites (N-methyl/N-ethyl adjacent to an activating group) is 1. The first-order valence-electron chi connectivity index (χ1n) is 9.08. The van der Waals surface area contributed by atoms with Gasteiger partial charge in [0, 0.05) is 19.5 Å². The lowest BCUT2D eigenvalue weighted by Crippen LogP contribution is -2.40. The summed E-state index contributed by atoms with van der Waals surface area (Å²) in [7, 11) is 0. The van der Waals surface area contributed by atoms with Crippen molar-refractivity contribution >= 4 is 11.8 Å². The van der Waals surface area contributed by atoms with Gasteiger partial charge >= 0.3 is 0 Å². The van der Waals surface area contributed by atoms with Crippen molar-refractivity contribution in [3.05, 3.63) is 35.6 Å². The Hall–Kier alpha value is -1.95. The van der Waals surface area contributed by atoms with Crippen LogP contribution in [0.2, 0.25) is 0 Å². The molecule has 0 bridgehead atoms. The number of hydrogen-bond acceptors (Lipinski definition) is 3. The number of hydrogen-bond donors (Lipinski definition) is 2. The van der Waals surface area contributed by atoms with E-state index in [1.807, 2.05) is 6.92 Å². The molecule has 1 fully saturated rings. The lowest BCUT2D eigenvalue weighted by molar-refractivity contribution is -0.136. The number of halogens is 1. The van der Waals surface area contributed by atoms with Gasteiger partial charge in [0.1, 0.15) is 5.82 Å². The quantitative estimate of drug-likeness (QED) is 0.755. The Morgan fingerprint density at radius 3 is 2.56 bits per heavy atom. The van der Waals surface area contributed by atoms with Crippen molar-refractivity contribution in [3.63, 3.8) is 0 Å². The first kappa shape index (κ1) is 19.4. The van der Waals surface area contributed by atoms with Crippen LogP contribution < -0.4 is 10.6 Å². The Kier molecular flexibility index (Phi) is 7.85. The van der Waals surface area contributed by atoms with Crippen LogP contribution in [0.3, 0.4) is 0 Å². The first-order chi connectivity index (χ1) is 12.1. The summed E-state index contributed by atoms with van der Waals surface area (Å²) in [5.74, 6) is 0.155. The Labute approximate surface area is 149 Å². The van der Waals surface area contributed by atoms with Gasteiger partial charge < -0.3 is 15.5 Å². The number of carbonyl (C=O) groups excluding carboxylic acids is 2. The van der Waals surface area contributed by atoms with E-state index in [4.69, 9.17) is 0 Å². The highest BCUT2D eigenvalue weighted by Gasteiger charge is 2.19. The fourth-order valence-corrected chi connectivity index (χ4v) is 3.06. The molecule has 2 N–H and O–H groups in total. The summed E-state index contributed by atoms with van der Waals surface area (Å²) >= 11 is 0. The Balaban J connectivity index is 1.72. The van der Waals surface area contributed by atoms with E-state index < -0.39 is 0 Å². The van der Waals surface area contributed by atoms with E-state index in [9.17, 15) is 14.0 Å². The number of amides is 2. The molecule has 1 heterocycles. The number of benzene rings is 1. The van der Waals surface area contributed by atoms with Crippen molar-refractivity contribution in [2.45, 2.75) is 39.2 Å². The SMILES string of the molecule is CCN(CC(=O)NCc1ccc(F)cc1)C(=O)CCC1CCNCC1. The van der Waals surface area contributed by atoms with Crippen molar-refractivity contribution in [1.82, 2.24) is 15.5 Å². The number of nitrogens with zero attached hydrogens (tertiary/aromatic N) is 1. The maximum absolute atomic E-state index is 12.9. The zero-order valence-corrected chi connectivity index (χ0v) is 14.9. The second-order valence-corrected chi connectivity index (χ2v) is 6.54. The molecule has 1 aliphatic heterocycles. The lowest BCUT2D eigenvalue weighted by Gasteiger charge is -2.24. The summed E-state index contributed by atoms with van der Waals surface area (Å²) in [6.07, 6.45) is 3.65. The van der Waals surface area contributed by atoms with Crippen LogP contribution in [0.5, 0.6) is 0 Å². The van der Waals surface area contributed by atoms with Crippen molar-refractivity contribution in [2.24, 2.45) is 5.92 Å². The molecule has 25 heavy (non-hydrogen) atoms. The van der Waals surface area contributed by atoms with E-state index >= 15 is 0 Å². The molecule has 0 aromatic heterocycles. The second-order valence-electron chi connectivity index (χ2n) is 6.54. The Morgan fingerprint density at radius 1 is 1.24 bits per heavy atom. The predicted molar refractivity (Wildman–Crippen MR) is 95.3 cm³/mol. The molecule has 138 valence electrons. The van der Waals surface area contributed by atoms with Crippen molar-refractivity contribution < 1.29 is 14.0 Å². The molecule has 1 saturated heterocycles. The molecule has 2 rings (SSSR count). The Morgan fingerprint density at radius 2 is 1.92 bits per heavy atom. The van der Waals surface area contributed by atoms with Gasteiger partial charge in [-0.3, -0.25) is 9.59 Å². The average Bonchev–Trinajstić information content (AvgIpc) is 2.64. The second kappa shape index (κ2) is 10.1. The number of carbonyl (C=O) groups is 2. The minimum absolute atomic E-state index is 0.0398. The summed E-state index contributed by atoms with van der Waals surface area (Å²) in [5, 5.41) is 6.10. The molecule has 0 spiro atoms. The van der Waals surface area contributed by atoms with Crippen LogP contribution in [-0.2, 0) is 16.1 Å². The van der Waals surface area contributed by atoms with Crippen LogP contribution in [-0.4, -0.2) is 42.9 Å². The molecule has 0 aliphatic carbocycles. The van der Waals surface area contributed by atoms with Crippen LogP contribution >= 0.6 is 0 Å². The standard InChI is InChI=1S/C19H28FN3O2/c1-2-23(19(25)8-5-15-9-11-21-12-10-15)14-18(24)22-13-16-3-6-17(20)7-4-16/h3-4,6-7,15,21H,2,5,8-14H2,1H3,(H,22,24). The zero-order chi connectivity index (χ0) is 18.1. The fourth-order valence-electron chi connectivity index (χ4n) is 3.06. The molecular weight excluding hydrogens is 321 g/mol. The van der Waals surface area contributed by atoms with Gasteiger partial charge in [-0.25, -0.2) is 4.39 Å². The van der Waals surface area contributed by atoms with Gasteiger partial charge in [0.25, 0.3) is 0 Å². The molecule has 6 heteroatoms. The van der Waals surface area contributed by atoms with Crippen LogP contribution in [0.1, 0.15) is 38.2 Å². The van der Waals surface area contributed by atoms with Gasteiger partial charge in [0.2, 0.25) is 11.8 Å². The van der Waals surface area contributed by atoms with Gasteiger partial charge in [-0.05, 0) is 62.9 Å². The third kappa shape index (κ3) is 6.82. The molecule has 0 radical (unpaired) electrons. The Bertz CT molecular complexity index is 556. The highest BCUT2D eigenvalue weighted by atomic mass is 19.1. The van der Waals surface area contributed by atoms with Crippen molar-refractivity contribution in [2.75, 3.05) is 26.2 Å². The maximum atomic E-state index is 12.9. The minimum atomic E-state index is -0.299. The van der Waals surface area contributed by atoms with Crippen LogP contribution in [0.4, 0.5) is 4.39 Å². The van der Waals surface area contributed by atoms with E-state index in [-0.39, 0.29) is 24.2 Å². The monoisotopic (exact) mass is 349 g/mol. The maximum Gasteiger partial charge on any atom is 0.239 e. The van der Waals surface area contributed by atoms with Gasteiger partial charge in [0.05, 0.1) is 6.54 Å². The van der Waals surface area contributed by atoms with E-state index in [0.29, 0.717) is 25.4 Å². The van der Waals surface area contributed by atoms with E-state index in [0.717, 1.165) is 37.9 Å². The third-order valence-corrected chi connectivity index (χ3v) is 4.70. The van der Waals surface area contributed by atoms with Gasteiger partial charge in [0.15, 0.2) is 0 Å². The largest absolute Gasteiger partial charge is 0.350 e. The molecule has 5 nitrogen and oxygen atoms in total. The van der Waals surface area contributed by atoms with Gasteiger partial charge in [-0.15, -0.1) is 0 Å². The van der Waals surface area contributed by atoms with Crippen LogP contribution in [0, 0.1) is 11.7 Å². The number of nitrogens with one attached hydrogen (secondary N) is 2. The molecule has 1 aliphatic rings. The van der Waals surface area contributed by atoms with Crippen LogP contribution in [0.15, 0.2) is 24.3 Å². The van der Waals surface area contributed by atoms with Crippen LogP contribution in [0.25, 0.3) is 0 Å². The zero-order valence-electron chi connectivity index (χ0n) is 14.9. The normalized spacial score (nSPS) is 15.0. The highest BCUT2D eigenvalue weighted by molar-refractivity contribution is 5.84. The minimum Gasteiger partial charge on any atom is -0.350 e. The number of piperidine rings is 1. The summed E-state index contributed by atoms with van der Waals surface area (Å²) in [4.78, 5) is 26.0. The van der Waals surface area contributed by atoms with E-state index in [1.54, 1.807) is 17.0 Å². The molecule has 1 aromatic carbocycles. The third-order valence-electron chi connectivity index (χ3n) is 4.70. The summed E-state index contributed by atoms with van der Waals surface area (Å²) < 4.78 is 12.9. The predicted octanol–water partition coefficient (Wildman–Crippen LogP) is 2.07. The molecule has 0 saturated carbocycles. The molecular formula is C19H28FN3O2. The summed E-state index contributed by atoms with van der Waals surface area (Å²) in [6, 6.07) is 6.00. The van der Waals surface area contributed by atoms with Gasteiger partial charge in [-0.2, -0.15) is 0 Å².